The summed E-state index contributed by atoms with van der Waals surface area (Å²) in [5.74, 6) is -0.330. The first-order valence-electron chi connectivity index (χ1n) is 13.4. The number of aliphatic imine (C=N–C) groups is 1. The highest BCUT2D eigenvalue weighted by Gasteiger charge is 2.45. The number of ether oxygens (including phenoxy) is 3. The molecule has 0 N–H and O–H groups in total. The summed E-state index contributed by atoms with van der Waals surface area (Å²) < 4.78 is 17.1. The van der Waals surface area contributed by atoms with Gasteiger partial charge in [0.15, 0.2) is 17.3 Å². The molecule has 0 aromatic heterocycles. The van der Waals surface area contributed by atoms with Gasteiger partial charge in [0.1, 0.15) is 12.0 Å². The van der Waals surface area contributed by atoms with Crippen LogP contribution in [0, 0.1) is 5.92 Å². The Labute approximate surface area is 229 Å². The van der Waals surface area contributed by atoms with Crippen LogP contribution in [0.5, 0.6) is 11.5 Å². The average Bonchev–Trinajstić information content (AvgIpc) is 2.92. The molecule has 1 unspecified atom stereocenters. The number of ketones is 1. The van der Waals surface area contributed by atoms with E-state index in [0.717, 1.165) is 42.5 Å². The van der Waals surface area contributed by atoms with E-state index in [1.54, 1.807) is 14.2 Å². The molecule has 2 aromatic carbocycles. The summed E-state index contributed by atoms with van der Waals surface area (Å²) in [6.45, 7) is 1.88. The van der Waals surface area contributed by atoms with E-state index < -0.39 is 11.8 Å². The van der Waals surface area contributed by atoms with E-state index in [-0.39, 0.29) is 23.8 Å². The second-order valence-electron chi connectivity index (χ2n) is 10.5. The van der Waals surface area contributed by atoms with Crippen LogP contribution in [-0.2, 0) is 14.3 Å². The third kappa shape index (κ3) is 5.24. The van der Waals surface area contributed by atoms with Crippen molar-refractivity contribution in [1.29, 1.82) is 0 Å². The van der Waals surface area contributed by atoms with Gasteiger partial charge in [-0.15, -0.1) is 0 Å². The van der Waals surface area contributed by atoms with Crippen molar-refractivity contribution in [3.63, 3.8) is 0 Å². The maximum Gasteiger partial charge on any atom is 0.315 e. The predicted octanol–water partition coefficient (Wildman–Crippen LogP) is 6.81. The fourth-order valence-electron chi connectivity index (χ4n) is 6.16. The zero-order chi connectivity index (χ0) is 26.8. The van der Waals surface area contributed by atoms with Gasteiger partial charge in [-0.2, -0.15) is 0 Å². The van der Waals surface area contributed by atoms with E-state index in [1.807, 2.05) is 49.4 Å². The van der Waals surface area contributed by atoms with Crippen LogP contribution >= 0.6 is 11.6 Å². The molecule has 38 heavy (non-hydrogen) atoms. The Morgan fingerprint density at radius 1 is 0.921 bits per heavy atom. The highest BCUT2D eigenvalue weighted by Crippen LogP contribution is 2.48. The molecule has 3 atom stereocenters. The molecule has 1 heterocycles. The summed E-state index contributed by atoms with van der Waals surface area (Å²) in [5, 5.41) is 0.662. The molecule has 6 nitrogen and oxygen atoms in total. The molecule has 0 spiro atoms. The van der Waals surface area contributed by atoms with Crippen LogP contribution in [0.4, 0.5) is 0 Å². The monoisotopic (exact) mass is 535 g/mol. The number of rotatable bonds is 6. The Hall–Kier alpha value is -3.12. The molecular formula is C31H34ClNO5. The quantitative estimate of drug-likeness (QED) is 0.380. The highest BCUT2D eigenvalue weighted by atomic mass is 35.5. The van der Waals surface area contributed by atoms with Crippen LogP contribution in [0.15, 0.2) is 58.7 Å². The van der Waals surface area contributed by atoms with Gasteiger partial charge in [-0.25, -0.2) is 0 Å². The van der Waals surface area contributed by atoms with E-state index in [0.29, 0.717) is 40.6 Å². The molecule has 1 fully saturated rings. The molecule has 2 aromatic rings. The van der Waals surface area contributed by atoms with Crippen LogP contribution < -0.4 is 9.47 Å². The van der Waals surface area contributed by atoms with Gasteiger partial charge in [0.25, 0.3) is 0 Å². The fourth-order valence-corrected chi connectivity index (χ4v) is 6.29. The molecule has 2 aliphatic carbocycles. The van der Waals surface area contributed by atoms with Gasteiger partial charge in [0, 0.05) is 34.3 Å². The summed E-state index contributed by atoms with van der Waals surface area (Å²) in [6, 6.07) is 13.3. The zero-order valence-corrected chi connectivity index (χ0v) is 22.9. The van der Waals surface area contributed by atoms with Crippen molar-refractivity contribution in [3.8, 4) is 11.5 Å². The highest BCUT2D eigenvalue weighted by molar-refractivity contribution is 6.30. The number of carbonyl (C=O) groups is 2. The van der Waals surface area contributed by atoms with Crippen molar-refractivity contribution < 1.29 is 23.8 Å². The fraction of sp³-hybridized carbons (Fsp3) is 0.452. The number of halogens is 1. The van der Waals surface area contributed by atoms with E-state index in [2.05, 4.69) is 0 Å². The summed E-state index contributed by atoms with van der Waals surface area (Å²) in [6.07, 6.45) is 5.95. The van der Waals surface area contributed by atoms with Crippen molar-refractivity contribution in [2.75, 3.05) is 14.2 Å². The van der Waals surface area contributed by atoms with Crippen LogP contribution in [0.25, 0.3) is 0 Å². The van der Waals surface area contributed by atoms with Gasteiger partial charge in [-0.1, -0.05) is 36.2 Å². The minimum atomic E-state index is -0.676. The molecule has 1 aliphatic heterocycles. The third-order valence-electron chi connectivity index (χ3n) is 8.09. The number of allylic oxidation sites excluding steroid dienone is 2. The Morgan fingerprint density at radius 3 is 2.29 bits per heavy atom. The first kappa shape index (κ1) is 26.5. The van der Waals surface area contributed by atoms with E-state index in [4.69, 9.17) is 30.8 Å². The Balaban J connectivity index is 1.55. The largest absolute Gasteiger partial charge is 0.493 e. The van der Waals surface area contributed by atoms with Crippen LogP contribution in [-0.4, -0.2) is 37.8 Å². The molecular weight excluding hydrogens is 502 g/mol. The maximum absolute atomic E-state index is 13.8. The van der Waals surface area contributed by atoms with Crippen molar-refractivity contribution >= 4 is 29.1 Å². The zero-order valence-electron chi connectivity index (χ0n) is 22.2. The molecule has 0 bridgehead atoms. The lowest BCUT2D eigenvalue weighted by molar-refractivity contribution is -0.153. The number of benzene rings is 2. The van der Waals surface area contributed by atoms with E-state index in [1.165, 1.54) is 6.42 Å². The third-order valence-corrected chi connectivity index (χ3v) is 8.34. The number of nitrogens with zero attached hydrogens (tertiary/aromatic N) is 1. The number of hydrogen-bond acceptors (Lipinski definition) is 6. The Bertz CT molecular complexity index is 1280. The Morgan fingerprint density at radius 2 is 1.61 bits per heavy atom. The van der Waals surface area contributed by atoms with Crippen molar-refractivity contribution in [2.24, 2.45) is 10.9 Å². The van der Waals surface area contributed by atoms with Gasteiger partial charge < -0.3 is 14.2 Å². The van der Waals surface area contributed by atoms with Crippen molar-refractivity contribution in [1.82, 2.24) is 0 Å². The normalized spacial score (nSPS) is 23.9. The maximum atomic E-state index is 13.8. The molecule has 1 saturated carbocycles. The molecule has 0 radical (unpaired) electrons. The van der Waals surface area contributed by atoms with Gasteiger partial charge in [0.05, 0.1) is 14.2 Å². The van der Waals surface area contributed by atoms with Gasteiger partial charge in [-0.3, -0.25) is 14.6 Å². The number of carbonyl (C=O) groups excluding carboxylic acids is 2. The van der Waals surface area contributed by atoms with Gasteiger partial charge >= 0.3 is 5.97 Å². The van der Waals surface area contributed by atoms with Crippen LogP contribution in [0.2, 0.25) is 5.02 Å². The standard InChI is InChI=1S/C31H34ClNO5/c1-18-28(31(35)38-23-7-5-4-6-8-23)29(20-11-14-26(36-2)27(17-20)37-3)30-24(33-18)15-21(16-25(30)34)19-9-12-22(32)13-10-19/h9-14,17,21,23,28-29H,4-8,15-16H2,1-3H3/t21-,28?,29-/m0/s1. The summed E-state index contributed by atoms with van der Waals surface area (Å²) in [7, 11) is 3.17. The lowest BCUT2D eigenvalue weighted by atomic mass is 9.69. The van der Waals surface area contributed by atoms with Crippen molar-refractivity contribution in [2.45, 2.75) is 69.8 Å². The summed E-state index contributed by atoms with van der Waals surface area (Å²) in [5.41, 5.74) is 3.91. The second kappa shape index (κ2) is 11.3. The molecule has 3 aliphatic rings. The molecule has 0 saturated heterocycles. The lowest BCUT2D eigenvalue weighted by Crippen LogP contribution is -2.39. The first-order chi connectivity index (χ1) is 18.4. The number of esters is 1. The lowest BCUT2D eigenvalue weighted by Gasteiger charge is -2.37. The molecule has 200 valence electrons. The SMILES string of the molecule is COc1ccc([C@@H]2C3=C(C[C@H](c4ccc(Cl)cc4)CC3=O)N=C(C)C2C(=O)OC2CCCCC2)cc1OC. The number of methoxy groups -OCH3 is 2. The molecule has 0 amide bonds. The van der Waals surface area contributed by atoms with E-state index >= 15 is 0 Å². The second-order valence-corrected chi connectivity index (χ2v) is 10.9. The number of Topliss-reactive ketones (excluding diaryl/α,β-unsaturated/α-hetero) is 1. The minimum absolute atomic E-state index is 0.00635. The minimum Gasteiger partial charge on any atom is -0.493 e. The van der Waals surface area contributed by atoms with Gasteiger partial charge in [0.2, 0.25) is 0 Å². The van der Waals surface area contributed by atoms with Gasteiger partial charge in [-0.05, 0) is 80.3 Å². The first-order valence-corrected chi connectivity index (χ1v) is 13.8. The average molecular weight is 536 g/mol. The Kier molecular flexibility index (Phi) is 7.89. The van der Waals surface area contributed by atoms with Crippen molar-refractivity contribution in [3.05, 3.63) is 69.9 Å². The molecule has 5 rings (SSSR count). The topological polar surface area (TPSA) is 74.2 Å². The van der Waals surface area contributed by atoms with Crippen LogP contribution in [0.3, 0.4) is 0 Å². The number of hydrogen-bond donors (Lipinski definition) is 0. The predicted molar refractivity (Wildman–Crippen MR) is 147 cm³/mol. The van der Waals surface area contributed by atoms with E-state index in [9.17, 15) is 9.59 Å². The summed E-state index contributed by atoms with van der Waals surface area (Å²) >= 11 is 6.10. The van der Waals surface area contributed by atoms with Crippen LogP contribution in [0.1, 0.15) is 74.8 Å². The summed E-state index contributed by atoms with van der Waals surface area (Å²) in [4.78, 5) is 32.5. The molecule has 7 heteroatoms. The smallest absolute Gasteiger partial charge is 0.315 e.